The van der Waals surface area contributed by atoms with Crippen LogP contribution < -0.4 is 5.73 Å². The summed E-state index contributed by atoms with van der Waals surface area (Å²) in [5.74, 6) is 2.23. The van der Waals surface area contributed by atoms with Crippen LogP contribution in [-0.4, -0.2) is 31.1 Å². The summed E-state index contributed by atoms with van der Waals surface area (Å²) in [5.41, 5.74) is 6.61. The smallest absolute Gasteiger partial charge is 0.00698 e. The molecule has 1 aliphatic rings. The largest absolute Gasteiger partial charge is 0.327 e. The molecule has 0 aromatic rings. The summed E-state index contributed by atoms with van der Waals surface area (Å²) in [7, 11) is 2.28. The lowest BCUT2D eigenvalue weighted by atomic mass is 9.61. The monoisotopic (exact) mass is 254 g/mol. The van der Waals surface area contributed by atoms with Crippen LogP contribution in [0.2, 0.25) is 0 Å². The number of nitrogens with zero attached hydrogens (tertiary/aromatic N) is 1. The third kappa shape index (κ3) is 3.96. The Morgan fingerprint density at radius 2 is 1.89 bits per heavy atom. The molecular formula is C16H34N2. The van der Waals surface area contributed by atoms with Crippen molar-refractivity contribution in [2.24, 2.45) is 28.9 Å². The van der Waals surface area contributed by atoms with E-state index in [1.807, 2.05) is 0 Å². The maximum atomic E-state index is 6.23. The Morgan fingerprint density at radius 1 is 1.28 bits per heavy atom. The maximum absolute atomic E-state index is 6.23. The Kier molecular flexibility index (Phi) is 5.67. The van der Waals surface area contributed by atoms with Crippen LogP contribution in [0.5, 0.6) is 0 Å². The molecule has 0 aliphatic heterocycles. The minimum absolute atomic E-state index is 0.379. The molecule has 3 unspecified atom stereocenters. The topological polar surface area (TPSA) is 29.3 Å². The zero-order chi connectivity index (χ0) is 13.9. The van der Waals surface area contributed by atoms with Gasteiger partial charge in [0.05, 0.1) is 0 Å². The van der Waals surface area contributed by atoms with Gasteiger partial charge in [0.2, 0.25) is 0 Å². The molecule has 18 heavy (non-hydrogen) atoms. The summed E-state index contributed by atoms with van der Waals surface area (Å²) in [6, 6.07) is 0.400. The SMILES string of the molecule is CC(C)CCN(C)CC1CCC(N)C(C)C1(C)C. The van der Waals surface area contributed by atoms with Crippen molar-refractivity contribution >= 4 is 0 Å². The molecule has 2 nitrogen and oxygen atoms in total. The zero-order valence-electron chi connectivity index (χ0n) is 13.4. The highest BCUT2D eigenvalue weighted by Crippen LogP contribution is 2.44. The van der Waals surface area contributed by atoms with Crippen molar-refractivity contribution in [1.29, 1.82) is 0 Å². The van der Waals surface area contributed by atoms with Gasteiger partial charge in [0.15, 0.2) is 0 Å². The third-order valence-electron chi connectivity index (χ3n) is 5.34. The third-order valence-corrected chi connectivity index (χ3v) is 5.34. The van der Waals surface area contributed by atoms with Crippen LogP contribution in [0, 0.1) is 23.2 Å². The molecule has 2 heteroatoms. The van der Waals surface area contributed by atoms with Gasteiger partial charge in [-0.05, 0) is 56.0 Å². The van der Waals surface area contributed by atoms with Crippen molar-refractivity contribution in [2.45, 2.75) is 59.9 Å². The van der Waals surface area contributed by atoms with Crippen molar-refractivity contribution in [3.8, 4) is 0 Å². The number of rotatable bonds is 5. The Hall–Kier alpha value is -0.0800. The van der Waals surface area contributed by atoms with Gasteiger partial charge < -0.3 is 10.6 Å². The van der Waals surface area contributed by atoms with Crippen LogP contribution >= 0.6 is 0 Å². The first-order chi connectivity index (χ1) is 8.25. The van der Waals surface area contributed by atoms with Crippen molar-refractivity contribution in [2.75, 3.05) is 20.1 Å². The molecule has 0 aromatic carbocycles. The first kappa shape index (κ1) is 16.0. The molecule has 0 spiro atoms. The summed E-state index contributed by atoms with van der Waals surface area (Å²) in [6.45, 7) is 14.2. The first-order valence-corrected chi connectivity index (χ1v) is 7.69. The van der Waals surface area contributed by atoms with E-state index in [9.17, 15) is 0 Å². The Bertz CT molecular complexity index is 247. The van der Waals surface area contributed by atoms with Crippen LogP contribution in [-0.2, 0) is 0 Å². The van der Waals surface area contributed by atoms with Gasteiger partial charge in [-0.25, -0.2) is 0 Å². The minimum Gasteiger partial charge on any atom is -0.327 e. The summed E-state index contributed by atoms with van der Waals surface area (Å²) in [5, 5.41) is 0. The van der Waals surface area contributed by atoms with Crippen LogP contribution in [0.1, 0.15) is 53.9 Å². The average Bonchev–Trinajstić information content (AvgIpc) is 2.28. The van der Waals surface area contributed by atoms with E-state index in [1.165, 1.54) is 32.4 Å². The van der Waals surface area contributed by atoms with E-state index >= 15 is 0 Å². The molecule has 0 amide bonds. The second-order valence-electron chi connectivity index (χ2n) is 7.49. The van der Waals surface area contributed by atoms with Crippen molar-refractivity contribution in [3.63, 3.8) is 0 Å². The molecule has 108 valence electrons. The van der Waals surface area contributed by atoms with E-state index in [1.54, 1.807) is 0 Å². The van der Waals surface area contributed by atoms with Crippen LogP contribution in [0.4, 0.5) is 0 Å². The zero-order valence-corrected chi connectivity index (χ0v) is 13.4. The van der Waals surface area contributed by atoms with Gasteiger partial charge >= 0.3 is 0 Å². The fraction of sp³-hybridized carbons (Fsp3) is 1.00. The van der Waals surface area contributed by atoms with Crippen LogP contribution in [0.3, 0.4) is 0 Å². The summed E-state index contributed by atoms with van der Waals surface area (Å²) >= 11 is 0. The molecule has 0 aromatic heterocycles. The second kappa shape index (κ2) is 6.38. The summed E-state index contributed by atoms with van der Waals surface area (Å²) in [6.07, 6.45) is 3.80. The summed E-state index contributed by atoms with van der Waals surface area (Å²) in [4.78, 5) is 2.52. The molecule has 0 radical (unpaired) electrons. The van der Waals surface area contributed by atoms with Crippen molar-refractivity contribution in [3.05, 3.63) is 0 Å². The van der Waals surface area contributed by atoms with Crippen LogP contribution in [0.25, 0.3) is 0 Å². The average molecular weight is 254 g/mol. The molecule has 1 rings (SSSR count). The van der Waals surface area contributed by atoms with E-state index in [0.717, 1.165) is 11.8 Å². The van der Waals surface area contributed by atoms with Gasteiger partial charge in [-0.3, -0.25) is 0 Å². The molecule has 3 atom stereocenters. The van der Waals surface area contributed by atoms with E-state index < -0.39 is 0 Å². The van der Waals surface area contributed by atoms with Crippen molar-refractivity contribution < 1.29 is 0 Å². The minimum atomic E-state index is 0.379. The number of hydrogen-bond acceptors (Lipinski definition) is 2. The normalized spacial score (nSPS) is 32.2. The molecule has 0 heterocycles. The van der Waals surface area contributed by atoms with Gasteiger partial charge in [0.25, 0.3) is 0 Å². The summed E-state index contributed by atoms with van der Waals surface area (Å²) < 4.78 is 0. The maximum Gasteiger partial charge on any atom is 0.00698 e. The molecule has 0 bridgehead atoms. The van der Waals surface area contributed by atoms with E-state index in [0.29, 0.717) is 17.4 Å². The van der Waals surface area contributed by atoms with E-state index in [4.69, 9.17) is 5.73 Å². The number of nitrogens with two attached hydrogens (primary N) is 1. The lowest BCUT2D eigenvalue weighted by molar-refractivity contribution is 0.0331. The van der Waals surface area contributed by atoms with Gasteiger partial charge in [-0.15, -0.1) is 0 Å². The predicted octanol–water partition coefficient (Wildman–Crippen LogP) is 3.36. The van der Waals surface area contributed by atoms with Gasteiger partial charge in [-0.1, -0.05) is 34.6 Å². The molecule has 0 saturated heterocycles. The second-order valence-corrected chi connectivity index (χ2v) is 7.49. The molecule has 1 saturated carbocycles. The van der Waals surface area contributed by atoms with E-state index in [2.05, 4.69) is 46.6 Å². The fourth-order valence-corrected chi connectivity index (χ4v) is 3.21. The van der Waals surface area contributed by atoms with Gasteiger partial charge in [-0.2, -0.15) is 0 Å². The standard InChI is InChI=1S/C16H34N2/c1-12(2)9-10-18(6)11-14-7-8-15(17)13(3)16(14,4)5/h12-15H,7-11,17H2,1-6H3. The van der Waals surface area contributed by atoms with E-state index in [-0.39, 0.29) is 0 Å². The van der Waals surface area contributed by atoms with Gasteiger partial charge in [0, 0.05) is 12.6 Å². The molecule has 2 N–H and O–H groups in total. The number of hydrogen-bond donors (Lipinski definition) is 1. The Labute approximate surface area is 114 Å². The highest BCUT2D eigenvalue weighted by atomic mass is 15.1. The Morgan fingerprint density at radius 3 is 2.44 bits per heavy atom. The quantitative estimate of drug-likeness (QED) is 0.815. The molecule has 1 fully saturated rings. The lowest BCUT2D eigenvalue weighted by Gasteiger charge is -2.48. The predicted molar refractivity (Wildman–Crippen MR) is 80.6 cm³/mol. The fourth-order valence-electron chi connectivity index (χ4n) is 3.21. The lowest BCUT2D eigenvalue weighted by Crippen LogP contribution is -2.49. The molecule has 1 aliphatic carbocycles. The highest BCUT2D eigenvalue weighted by Gasteiger charge is 2.41. The van der Waals surface area contributed by atoms with Crippen LogP contribution in [0.15, 0.2) is 0 Å². The first-order valence-electron chi connectivity index (χ1n) is 7.69. The highest BCUT2D eigenvalue weighted by molar-refractivity contribution is 4.94. The molecular weight excluding hydrogens is 220 g/mol. The Balaban J connectivity index is 2.50. The van der Waals surface area contributed by atoms with Gasteiger partial charge in [0.1, 0.15) is 0 Å². The van der Waals surface area contributed by atoms with Crippen molar-refractivity contribution in [1.82, 2.24) is 4.90 Å².